The number of nitrogens with zero attached hydrogens (tertiary/aromatic N) is 2. The molecule has 1 unspecified atom stereocenters. The normalized spacial score (nSPS) is 17.9. The molecule has 1 aromatic heterocycles. The number of halogens is 4. The second-order valence-corrected chi connectivity index (χ2v) is 8.58. The zero-order valence-corrected chi connectivity index (χ0v) is 15.8. The molecule has 0 radical (unpaired) electrons. The summed E-state index contributed by atoms with van der Waals surface area (Å²) in [6, 6.07) is 11.8. The summed E-state index contributed by atoms with van der Waals surface area (Å²) in [7, 11) is -4.33. The van der Waals surface area contributed by atoms with Crippen LogP contribution in [0.3, 0.4) is 0 Å². The van der Waals surface area contributed by atoms with Crippen LogP contribution in [0, 0.1) is 5.82 Å². The van der Waals surface area contributed by atoms with E-state index in [0.717, 1.165) is 22.5 Å². The molecule has 0 amide bonds. The van der Waals surface area contributed by atoms with Crippen molar-refractivity contribution in [2.75, 3.05) is 6.54 Å². The van der Waals surface area contributed by atoms with Crippen molar-refractivity contribution in [1.29, 1.82) is 0 Å². The summed E-state index contributed by atoms with van der Waals surface area (Å²) in [6.45, 7) is 0.310. The smallest absolute Gasteiger partial charge is 0.348 e. The van der Waals surface area contributed by atoms with Gasteiger partial charge in [0.1, 0.15) is 5.82 Å². The predicted octanol–water partition coefficient (Wildman–Crippen LogP) is 4.44. The maximum absolute atomic E-state index is 14.6. The Morgan fingerprint density at radius 1 is 0.931 bits per heavy atom. The number of hydrogen-bond acceptors (Lipinski definition) is 2. The lowest BCUT2D eigenvalue weighted by Gasteiger charge is -2.36. The third-order valence-corrected chi connectivity index (χ3v) is 6.82. The summed E-state index contributed by atoms with van der Waals surface area (Å²) in [6.07, 6.45) is -2.91. The summed E-state index contributed by atoms with van der Waals surface area (Å²) in [4.78, 5) is -0.478. The molecule has 4 nitrogen and oxygen atoms in total. The molecule has 0 spiro atoms. The Hall–Kier alpha value is -2.65. The predicted molar refractivity (Wildman–Crippen MR) is 98.0 cm³/mol. The van der Waals surface area contributed by atoms with E-state index < -0.39 is 38.5 Å². The first kappa shape index (κ1) is 19.7. The highest BCUT2D eigenvalue weighted by Crippen LogP contribution is 2.38. The fourth-order valence-corrected chi connectivity index (χ4v) is 5.22. The zero-order chi connectivity index (χ0) is 20.8. The van der Waals surface area contributed by atoms with E-state index in [1.165, 1.54) is 18.2 Å². The van der Waals surface area contributed by atoms with Gasteiger partial charge >= 0.3 is 6.18 Å². The van der Waals surface area contributed by atoms with E-state index in [0.29, 0.717) is 18.3 Å². The maximum atomic E-state index is 14.6. The van der Waals surface area contributed by atoms with Gasteiger partial charge in [-0.3, -0.25) is 0 Å². The molecular formula is C20H16F4N2O2S. The Morgan fingerprint density at radius 2 is 1.69 bits per heavy atom. The third kappa shape index (κ3) is 3.44. The van der Waals surface area contributed by atoms with Gasteiger partial charge in [0.2, 0.25) is 10.0 Å². The van der Waals surface area contributed by atoms with Crippen LogP contribution < -0.4 is 0 Å². The number of alkyl halides is 3. The quantitative estimate of drug-likeness (QED) is 0.584. The van der Waals surface area contributed by atoms with Crippen LogP contribution >= 0.6 is 0 Å². The second-order valence-electron chi connectivity index (χ2n) is 6.69. The summed E-state index contributed by atoms with van der Waals surface area (Å²) < 4.78 is 83.4. The molecule has 1 aliphatic rings. The van der Waals surface area contributed by atoms with Gasteiger partial charge in [-0.25, -0.2) is 12.8 Å². The highest BCUT2D eigenvalue weighted by atomic mass is 32.2. The zero-order valence-electron chi connectivity index (χ0n) is 15.0. The number of rotatable bonds is 3. The van der Waals surface area contributed by atoms with E-state index in [1.807, 2.05) is 4.57 Å². The van der Waals surface area contributed by atoms with E-state index in [2.05, 4.69) is 0 Å². The minimum Gasteiger partial charge on any atom is -0.348 e. The molecular weight excluding hydrogens is 408 g/mol. The lowest BCUT2D eigenvalue weighted by Crippen LogP contribution is -2.42. The van der Waals surface area contributed by atoms with E-state index in [1.54, 1.807) is 24.4 Å². The highest BCUT2D eigenvalue weighted by molar-refractivity contribution is 7.89. The van der Waals surface area contributed by atoms with Crippen LogP contribution in [0.25, 0.3) is 0 Å². The first-order valence-electron chi connectivity index (χ1n) is 8.78. The number of aromatic nitrogens is 1. The summed E-state index contributed by atoms with van der Waals surface area (Å²) in [5, 5.41) is 0. The second kappa shape index (κ2) is 7.00. The Morgan fingerprint density at radius 3 is 2.41 bits per heavy atom. The van der Waals surface area contributed by atoms with Crippen LogP contribution in [0.4, 0.5) is 17.6 Å². The monoisotopic (exact) mass is 424 g/mol. The maximum Gasteiger partial charge on any atom is 0.416 e. The SMILES string of the molecule is O=S(=O)(c1cccc(C(F)(F)F)c1)N1CCn2cccc2C1c1ccccc1F. The molecule has 2 aromatic carbocycles. The summed E-state index contributed by atoms with van der Waals surface area (Å²) in [5.41, 5.74) is -0.360. The molecule has 4 rings (SSSR count). The fourth-order valence-electron chi connectivity index (χ4n) is 3.60. The first-order valence-corrected chi connectivity index (χ1v) is 10.2. The van der Waals surface area contributed by atoms with E-state index in [9.17, 15) is 26.0 Å². The minimum absolute atomic E-state index is 0.000734. The average Bonchev–Trinajstić information content (AvgIpc) is 3.16. The number of hydrogen-bond donors (Lipinski definition) is 0. The van der Waals surface area contributed by atoms with Crippen molar-refractivity contribution in [3.63, 3.8) is 0 Å². The van der Waals surface area contributed by atoms with Crippen molar-refractivity contribution in [2.45, 2.75) is 23.7 Å². The lowest BCUT2D eigenvalue weighted by molar-refractivity contribution is -0.137. The van der Waals surface area contributed by atoms with Gasteiger partial charge < -0.3 is 4.57 Å². The molecule has 9 heteroatoms. The highest BCUT2D eigenvalue weighted by Gasteiger charge is 2.40. The number of benzene rings is 2. The van der Waals surface area contributed by atoms with Crippen molar-refractivity contribution >= 4 is 10.0 Å². The van der Waals surface area contributed by atoms with Crippen LogP contribution in [0.1, 0.15) is 22.9 Å². The Bertz CT molecular complexity index is 1160. The number of sulfonamides is 1. The van der Waals surface area contributed by atoms with Gasteiger partial charge in [-0.05, 0) is 36.4 Å². The van der Waals surface area contributed by atoms with Crippen LogP contribution in [-0.2, 0) is 22.7 Å². The lowest BCUT2D eigenvalue weighted by atomic mass is 10.0. The molecule has 29 heavy (non-hydrogen) atoms. The van der Waals surface area contributed by atoms with Crippen LogP contribution in [0.15, 0.2) is 71.8 Å². The van der Waals surface area contributed by atoms with Crippen LogP contribution in [0.5, 0.6) is 0 Å². The van der Waals surface area contributed by atoms with Gasteiger partial charge in [0.05, 0.1) is 16.5 Å². The van der Waals surface area contributed by atoms with E-state index in [-0.39, 0.29) is 12.1 Å². The van der Waals surface area contributed by atoms with Gasteiger partial charge in [0, 0.05) is 30.5 Å². The van der Waals surface area contributed by atoms with Gasteiger partial charge in [-0.15, -0.1) is 0 Å². The molecule has 0 saturated heterocycles. The summed E-state index contributed by atoms with van der Waals surface area (Å²) in [5.74, 6) is -0.587. The minimum atomic E-state index is -4.67. The molecule has 1 aliphatic heterocycles. The Labute approximate surface area is 165 Å². The van der Waals surface area contributed by atoms with Gasteiger partial charge in [-0.2, -0.15) is 17.5 Å². The van der Waals surface area contributed by atoms with E-state index in [4.69, 9.17) is 0 Å². The first-order chi connectivity index (χ1) is 13.7. The van der Waals surface area contributed by atoms with Gasteiger partial charge in [0.15, 0.2) is 0 Å². The molecule has 1 atom stereocenters. The molecule has 152 valence electrons. The largest absolute Gasteiger partial charge is 0.416 e. The third-order valence-electron chi connectivity index (χ3n) is 4.96. The van der Waals surface area contributed by atoms with Gasteiger partial charge in [-0.1, -0.05) is 24.3 Å². The van der Waals surface area contributed by atoms with Crippen molar-refractivity contribution in [1.82, 2.24) is 8.87 Å². The molecule has 3 aromatic rings. The Balaban J connectivity index is 1.86. The van der Waals surface area contributed by atoms with Gasteiger partial charge in [0.25, 0.3) is 0 Å². The van der Waals surface area contributed by atoms with Crippen molar-refractivity contribution < 1.29 is 26.0 Å². The van der Waals surface area contributed by atoms with Crippen LogP contribution in [0.2, 0.25) is 0 Å². The fraction of sp³-hybridized carbons (Fsp3) is 0.200. The Kier molecular flexibility index (Phi) is 4.74. The van der Waals surface area contributed by atoms with Crippen LogP contribution in [-0.4, -0.2) is 23.8 Å². The topological polar surface area (TPSA) is 42.3 Å². The van der Waals surface area contributed by atoms with Crippen molar-refractivity contribution in [3.05, 3.63) is 89.5 Å². The molecule has 0 bridgehead atoms. The van der Waals surface area contributed by atoms with Crippen molar-refractivity contribution in [3.8, 4) is 0 Å². The molecule has 0 saturated carbocycles. The molecule has 0 N–H and O–H groups in total. The molecule has 2 heterocycles. The number of fused-ring (bicyclic) bond motifs is 1. The molecule has 0 aliphatic carbocycles. The standard InChI is InChI=1S/C20H16F4N2O2S/c21-17-8-2-1-7-16(17)19-18-9-4-10-25(18)11-12-26(19)29(27,28)15-6-3-5-14(13-15)20(22,23)24/h1-10,13,19H,11-12H2. The average molecular weight is 424 g/mol. The van der Waals surface area contributed by atoms with Crippen molar-refractivity contribution in [2.24, 2.45) is 0 Å². The summed E-state index contributed by atoms with van der Waals surface area (Å²) >= 11 is 0. The van der Waals surface area contributed by atoms with E-state index >= 15 is 0 Å². The molecule has 0 fully saturated rings.